The van der Waals surface area contributed by atoms with Crippen LogP contribution in [0.1, 0.15) is 69.2 Å². The minimum absolute atomic E-state index is 0.0757. The molecular formula is C29H33N9O2. The number of fused-ring (bicyclic) bond motifs is 3. The van der Waals surface area contributed by atoms with Gasteiger partial charge in [-0.1, -0.05) is 23.9 Å². The van der Waals surface area contributed by atoms with Gasteiger partial charge in [-0.25, -0.2) is 0 Å². The molecule has 0 radical (unpaired) electrons. The van der Waals surface area contributed by atoms with Crippen LogP contribution in [0.25, 0.3) is 0 Å². The highest BCUT2D eigenvalue weighted by molar-refractivity contribution is 5.99. The molecule has 4 atom stereocenters. The lowest BCUT2D eigenvalue weighted by atomic mass is 9.62. The van der Waals surface area contributed by atoms with Gasteiger partial charge in [0.1, 0.15) is 6.04 Å². The zero-order valence-corrected chi connectivity index (χ0v) is 22.4. The van der Waals surface area contributed by atoms with E-state index in [0.717, 1.165) is 40.8 Å². The Labute approximate surface area is 232 Å². The molecule has 206 valence electrons. The molecule has 1 unspecified atom stereocenters. The van der Waals surface area contributed by atoms with E-state index in [0.29, 0.717) is 42.5 Å². The average molecular weight is 540 g/mol. The second kappa shape index (κ2) is 10.2. The van der Waals surface area contributed by atoms with Gasteiger partial charge in [0, 0.05) is 35.5 Å². The van der Waals surface area contributed by atoms with Gasteiger partial charge in [0.15, 0.2) is 5.84 Å². The van der Waals surface area contributed by atoms with E-state index in [4.69, 9.17) is 22.7 Å². The van der Waals surface area contributed by atoms with Crippen LogP contribution in [0.15, 0.2) is 59.0 Å². The molecule has 0 bridgehead atoms. The van der Waals surface area contributed by atoms with E-state index in [-0.39, 0.29) is 17.9 Å². The molecule has 2 fully saturated rings. The fourth-order valence-electron chi connectivity index (χ4n) is 6.63. The summed E-state index contributed by atoms with van der Waals surface area (Å²) in [7, 11) is 0. The molecule has 1 aliphatic heterocycles. The van der Waals surface area contributed by atoms with E-state index in [2.05, 4.69) is 33.2 Å². The number of rotatable bonds is 9. The average Bonchev–Trinajstić information content (AvgIpc) is 3.59. The molecule has 1 saturated carbocycles. The molecule has 2 aliphatic carbocycles. The fraction of sp³-hybridized carbons (Fsp3) is 0.379. The Morgan fingerprint density at radius 3 is 2.30 bits per heavy atom. The number of likely N-dealkylation sites (tertiary alicyclic amines) is 1. The van der Waals surface area contributed by atoms with Crippen molar-refractivity contribution in [3.8, 4) is 6.07 Å². The summed E-state index contributed by atoms with van der Waals surface area (Å²) in [6.45, 7) is 6.76. The first-order chi connectivity index (χ1) is 19.1. The van der Waals surface area contributed by atoms with Crippen LogP contribution in [0.5, 0.6) is 0 Å². The molecule has 11 nitrogen and oxygen atoms in total. The molecule has 1 saturated heterocycles. The van der Waals surface area contributed by atoms with Gasteiger partial charge in [-0.2, -0.15) is 5.26 Å². The van der Waals surface area contributed by atoms with E-state index in [1.165, 1.54) is 0 Å². The van der Waals surface area contributed by atoms with Crippen LogP contribution in [0.4, 0.5) is 0 Å². The monoisotopic (exact) mass is 539 g/mol. The van der Waals surface area contributed by atoms with Gasteiger partial charge in [-0.15, -0.1) is 5.11 Å². The largest absolute Gasteiger partial charge is 0.366 e. The number of primary amides is 2. The van der Waals surface area contributed by atoms with Gasteiger partial charge < -0.3 is 27.5 Å². The summed E-state index contributed by atoms with van der Waals surface area (Å²) in [6, 6.07) is 12.8. The predicted molar refractivity (Wildman–Crippen MR) is 149 cm³/mol. The highest BCUT2D eigenvalue weighted by Gasteiger charge is 2.52. The first-order valence-corrected chi connectivity index (χ1v) is 13.3. The lowest BCUT2D eigenvalue weighted by Crippen LogP contribution is -2.46. The highest BCUT2D eigenvalue weighted by atomic mass is 16.1. The molecule has 5 rings (SSSR count). The third kappa shape index (κ3) is 4.50. The summed E-state index contributed by atoms with van der Waals surface area (Å²) in [5.74, 6) is 4.82. The van der Waals surface area contributed by atoms with Gasteiger partial charge in [-0.05, 0) is 85.0 Å². The maximum Gasteiger partial charge on any atom is 0.248 e. The van der Waals surface area contributed by atoms with Gasteiger partial charge in [0.2, 0.25) is 11.8 Å². The summed E-state index contributed by atoms with van der Waals surface area (Å²) in [5.41, 5.74) is 14.7. The number of amidine groups is 1. The Hall–Kier alpha value is -4.56. The van der Waals surface area contributed by atoms with Crippen LogP contribution in [-0.2, 0) is 11.8 Å². The fourth-order valence-corrected chi connectivity index (χ4v) is 6.63. The maximum atomic E-state index is 12.0. The molecule has 1 heterocycles. The van der Waals surface area contributed by atoms with Crippen LogP contribution in [0.2, 0.25) is 0 Å². The molecule has 11 heteroatoms. The van der Waals surface area contributed by atoms with E-state index in [1.807, 2.05) is 19.1 Å². The van der Waals surface area contributed by atoms with E-state index in [1.54, 1.807) is 24.3 Å². The first kappa shape index (κ1) is 27.0. The summed E-state index contributed by atoms with van der Waals surface area (Å²) in [4.78, 5) is 26.2. The molecule has 3 aliphatic rings. The zero-order chi connectivity index (χ0) is 28.8. The molecule has 0 aromatic heterocycles. The predicted octanol–water partition coefficient (Wildman–Crippen LogP) is 2.25. The number of nitrogens with zero attached hydrogens (tertiary/aromatic N) is 4. The van der Waals surface area contributed by atoms with Crippen LogP contribution in [-0.4, -0.2) is 47.2 Å². The van der Waals surface area contributed by atoms with Gasteiger partial charge in [-0.3, -0.25) is 15.0 Å². The second-order valence-corrected chi connectivity index (χ2v) is 11.0. The van der Waals surface area contributed by atoms with Crippen molar-refractivity contribution >= 4 is 17.6 Å². The quantitative estimate of drug-likeness (QED) is 0.106. The number of nitrogens with two attached hydrogens (primary N) is 3. The van der Waals surface area contributed by atoms with Crippen molar-refractivity contribution in [3.05, 3.63) is 82.1 Å². The van der Waals surface area contributed by atoms with Crippen LogP contribution >= 0.6 is 0 Å². The number of carbonyl (C=O) groups is 2. The number of hydrogen-bond donors (Lipinski definition) is 5. The molecule has 2 amide bonds. The molecule has 2 aromatic carbocycles. The highest BCUT2D eigenvalue weighted by Crippen LogP contribution is 2.49. The van der Waals surface area contributed by atoms with Crippen molar-refractivity contribution < 1.29 is 9.59 Å². The van der Waals surface area contributed by atoms with E-state index < -0.39 is 17.2 Å². The lowest BCUT2D eigenvalue weighted by Gasteiger charge is -2.42. The Kier molecular flexibility index (Phi) is 6.89. The van der Waals surface area contributed by atoms with Crippen LogP contribution in [0, 0.1) is 22.7 Å². The first-order valence-electron chi connectivity index (χ1n) is 13.3. The number of amides is 2. The number of carbonyl (C=O) groups excluding carboxylic acids is 2. The SMILES string of the molecule is C=C(CN[C@@H](C)CC1(C(=N)N=NN)c2ccc(C(N)=O)cc2Cc2cc(C(N)=O)ccc21)N1C(C#N)C[C@@H]2C[C@@H]21. The zero-order valence-electron chi connectivity index (χ0n) is 22.4. The Morgan fingerprint density at radius 2 is 1.77 bits per heavy atom. The summed E-state index contributed by atoms with van der Waals surface area (Å²) >= 11 is 0. The Balaban J connectivity index is 1.53. The normalized spacial score (nSPS) is 22.5. The minimum Gasteiger partial charge on any atom is -0.366 e. The molecule has 2 aromatic rings. The van der Waals surface area contributed by atoms with Gasteiger partial charge in [0.25, 0.3) is 0 Å². The summed E-state index contributed by atoms with van der Waals surface area (Å²) < 4.78 is 0. The van der Waals surface area contributed by atoms with E-state index in [9.17, 15) is 14.9 Å². The number of hydrogen-bond acceptors (Lipinski definition) is 7. The summed E-state index contributed by atoms with van der Waals surface area (Å²) in [6.07, 6.45) is 2.78. The van der Waals surface area contributed by atoms with Gasteiger partial charge in [0.05, 0.1) is 11.5 Å². The molecule has 8 N–H and O–H groups in total. The van der Waals surface area contributed by atoms with Crippen molar-refractivity contribution in [1.29, 1.82) is 10.7 Å². The maximum absolute atomic E-state index is 12.0. The molecule has 40 heavy (non-hydrogen) atoms. The third-order valence-electron chi connectivity index (χ3n) is 8.53. The number of nitriles is 1. The molecule has 0 spiro atoms. The lowest BCUT2D eigenvalue weighted by molar-refractivity contribution is 0.0992. The van der Waals surface area contributed by atoms with Gasteiger partial charge >= 0.3 is 0 Å². The second-order valence-electron chi connectivity index (χ2n) is 11.0. The number of benzene rings is 2. The van der Waals surface area contributed by atoms with Crippen LogP contribution < -0.4 is 22.6 Å². The topological polar surface area (TPSA) is 200 Å². The Bertz CT molecular complexity index is 1430. The summed E-state index contributed by atoms with van der Waals surface area (Å²) in [5, 5.41) is 29.6. The number of piperidine rings is 1. The number of nitrogens with one attached hydrogen (secondary N) is 2. The van der Waals surface area contributed by atoms with Crippen molar-refractivity contribution in [1.82, 2.24) is 10.2 Å². The molecular weight excluding hydrogens is 506 g/mol. The Morgan fingerprint density at radius 1 is 1.18 bits per heavy atom. The van der Waals surface area contributed by atoms with Crippen LogP contribution in [0.3, 0.4) is 0 Å². The van der Waals surface area contributed by atoms with Crippen molar-refractivity contribution in [2.75, 3.05) is 6.54 Å². The van der Waals surface area contributed by atoms with Crippen molar-refractivity contribution in [3.63, 3.8) is 0 Å². The van der Waals surface area contributed by atoms with Crippen molar-refractivity contribution in [2.45, 2.75) is 56.1 Å². The smallest absolute Gasteiger partial charge is 0.248 e. The minimum atomic E-state index is -1.10. The third-order valence-corrected chi connectivity index (χ3v) is 8.53. The van der Waals surface area contributed by atoms with E-state index >= 15 is 0 Å². The standard InChI is InChI=1S/C29H33N9O2/c1-15(35-14-16(2)38-22(13-30)10-21-11-25(21)38)12-29(28(33)36-37-34)23-5-3-17(26(31)39)7-19(23)9-20-8-18(27(32)40)4-6-24(20)29/h3-8,15,21-22,25,35H,2,9-12,14H2,1H3,(H2,31,39)(H2,32,40)(H3,33,34,36)/t15-,21+,22?,25-/m0/s1. The van der Waals surface area contributed by atoms with Crippen molar-refractivity contribution in [2.24, 2.45) is 33.6 Å².